The molecule has 0 atom stereocenters. The van der Waals surface area contributed by atoms with Crippen LogP contribution in [0.2, 0.25) is 5.15 Å². The van der Waals surface area contributed by atoms with Crippen LogP contribution in [0.25, 0.3) is 0 Å². The number of rotatable bonds is 3. The zero-order valence-corrected chi connectivity index (χ0v) is 15.1. The van der Waals surface area contributed by atoms with Gasteiger partial charge in [0.25, 0.3) is 11.6 Å². The van der Waals surface area contributed by atoms with Gasteiger partial charge in [0.2, 0.25) is 0 Å². The van der Waals surface area contributed by atoms with E-state index in [2.05, 4.69) is 4.98 Å². The van der Waals surface area contributed by atoms with Crippen molar-refractivity contribution in [1.29, 1.82) is 0 Å². The minimum absolute atomic E-state index is 0.0771. The first-order valence-electron chi connectivity index (χ1n) is 8.19. The maximum atomic E-state index is 12.8. The van der Waals surface area contributed by atoms with Gasteiger partial charge in [0, 0.05) is 38.4 Å². The molecule has 3 rings (SSSR count). The van der Waals surface area contributed by atoms with E-state index in [9.17, 15) is 28.1 Å². The van der Waals surface area contributed by atoms with Crippen LogP contribution in [0.3, 0.4) is 0 Å². The lowest BCUT2D eigenvalue weighted by Gasteiger charge is -2.36. The van der Waals surface area contributed by atoms with Gasteiger partial charge in [-0.2, -0.15) is 13.2 Å². The number of amides is 1. The third-order valence-electron chi connectivity index (χ3n) is 4.40. The Labute approximate surface area is 162 Å². The molecule has 28 heavy (non-hydrogen) atoms. The number of carbonyl (C=O) groups is 1. The number of nitrogens with zero attached hydrogens (tertiary/aromatic N) is 4. The second-order valence-electron chi connectivity index (χ2n) is 6.08. The van der Waals surface area contributed by atoms with Crippen molar-refractivity contribution in [3.63, 3.8) is 0 Å². The summed E-state index contributed by atoms with van der Waals surface area (Å²) < 4.78 is 38.5. The predicted octanol–water partition coefficient (Wildman–Crippen LogP) is 3.62. The molecule has 0 aliphatic carbocycles. The first-order chi connectivity index (χ1) is 13.2. The van der Waals surface area contributed by atoms with Gasteiger partial charge in [0.1, 0.15) is 10.8 Å². The summed E-state index contributed by atoms with van der Waals surface area (Å²) >= 11 is 5.93. The van der Waals surface area contributed by atoms with Gasteiger partial charge in [-0.3, -0.25) is 14.9 Å². The molecule has 148 valence electrons. The van der Waals surface area contributed by atoms with E-state index >= 15 is 0 Å². The van der Waals surface area contributed by atoms with E-state index in [1.165, 1.54) is 11.1 Å². The topological polar surface area (TPSA) is 79.6 Å². The molecule has 1 aliphatic rings. The van der Waals surface area contributed by atoms with Gasteiger partial charge < -0.3 is 9.80 Å². The van der Waals surface area contributed by atoms with Gasteiger partial charge in [-0.1, -0.05) is 11.6 Å². The number of pyridine rings is 1. The molecule has 0 saturated carbocycles. The molecule has 0 bridgehead atoms. The lowest BCUT2D eigenvalue weighted by atomic mass is 10.1. The summed E-state index contributed by atoms with van der Waals surface area (Å²) in [5, 5.41) is 11.3. The fourth-order valence-electron chi connectivity index (χ4n) is 2.98. The van der Waals surface area contributed by atoms with Crippen LogP contribution in [0.1, 0.15) is 15.9 Å². The van der Waals surface area contributed by atoms with E-state index < -0.39 is 22.4 Å². The quantitative estimate of drug-likeness (QED) is 0.435. The summed E-state index contributed by atoms with van der Waals surface area (Å²) in [5.41, 5.74) is -1.37. The number of aromatic nitrogens is 1. The third kappa shape index (κ3) is 4.01. The Morgan fingerprint density at radius 1 is 1.18 bits per heavy atom. The molecule has 1 aromatic carbocycles. The maximum Gasteiger partial charge on any atom is 0.416 e. The number of anilines is 1. The summed E-state index contributed by atoms with van der Waals surface area (Å²) in [7, 11) is 0. The molecule has 1 amide bonds. The summed E-state index contributed by atoms with van der Waals surface area (Å²) in [6, 6.07) is 5.57. The number of piperazine rings is 1. The molecule has 7 nitrogen and oxygen atoms in total. The van der Waals surface area contributed by atoms with Crippen LogP contribution in [0.4, 0.5) is 24.5 Å². The van der Waals surface area contributed by atoms with Crippen molar-refractivity contribution in [1.82, 2.24) is 9.88 Å². The normalized spacial score (nSPS) is 14.9. The largest absolute Gasteiger partial charge is 0.416 e. The molecule has 0 N–H and O–H groups in total. The van der Waals surface area contributed by atoms with Crippen molar-refractivity contribution in [3.05, 3.63) is 62.9 Å². The summed E-state index contributed by atoms with van der Waals surface area (Å²) in [4.78, 5) is 29.9. The third-order valence-corrected chi connectivity index (χ3v) is 4.70. The Kier molecular flexibility index (Phi) is 5.41. The molecule has 11 heteroatoms. The van der Waals surface area contributed by atoms with Crippen molar-refractivity contribution >= 4 is 28.9 Å². The van der Waals surface area contributed by atoms with Crippen LogP contribution >= 0.6 is 11.6 Å². The fraction of sp³-hybridized carbons (Fsp3) is 0.294. The Morgan fingerprint density at radius 2 is 1.86 bits per heavy atom. The van der Waals surface area contributed by atoms with Crippen molar-refractivity contribution in [2.75, 3.05) is 31.1 Å². The van der Waals surface area contributed by atoms with Crippen LogP contribution in [-0.4, -0.2) is 46.9 Å². The average Bonchev–Trinajstić information content (AvgIpc) is 2.67. The Bertz CT molecular complexity index is 915. The molecule has 0 spiro atoms. The minimum atomic E-state index is -4.67. The Morgan fingerprint density at radius 3 is 2.43 bits per heavy atom. The molecule has 0 unspecified atom stereocenters. The van der Waals surface area contributed by atoms with E-state index in [0.717, 1.165) is 12.1 Å². The average molecular weight is 415 g/mol. The van der Waals surface area contributed by atoms with E-state index in [1.807, 2.05) is 0 Å². The second-order valence-corrected chi connectivity index (χ2v) is 6.44. The number of alkyl halides is 3. The van der Waals surface area contributed by atoms with Crippen molar-refractivity contribution < 1.29 is 22.9 Å². The number of hydrogen-bond acceptors (Lipinski definition) is 5. The van der Waals surface area contributed by atoms with Crippen LogP contribution in [0, 0.1) is 10.1 Å². The first-order valence-corrected chi connectivity index (χ1v) is 8.56. The predicted molar refractivity (Wildman–Crippen MR) is 95.5 cm³/mol. The van der Waals surface area contributed by atoms with Crippen LogP contribution < -0.4 is 4.90 Å². The molecule has 1 saturated heterocycles. The van der Waals surface area contributed by atoms with E-state index in [1.54, 1.807) is 17.0 Å². The summed E-state index contributed by atoms with van der Waals surface area (Å²) in [6.45, 7) is 0.941. The monoisotopic (exact) mass is 414 g/mol. The summed E-state index contributed by atoms with van der Waals surface area (Å²) in [5.74, 6) is -0.320. The van der Waals surface area contributed by atoms with E-state index in [-0.39, 0.29) is 48.5 Å². The number of benzene rings is 1. The zero-order chi connectivity index (χ0) is 20.5. The van der Waals surface area contributed by atoms with Crippen molar-refractivity contribution in [2.45, 2.75) is 6.18 Å². The number of hydrogen-bond donors (Lipinski definition) is 0. The Balaban J connectivity index is 1.77. The summed E-state index contributed by atoms with van der Waals surface area (Å²) in [6.07, 6.45) is -3.21. The highest BCUT2D eigenvalue weighted by molar-refractivity contribution is 6.32. The molecule has 1 aromatic heterocycles. The molecule has 0 radical (unpaired) electrons. The fourth-order valence-corrected chi connectivity index (χ4v) is 3.18. The maximum absolute atomic E-state index is 12.8. The SMILES string of the molecule is O=C(c1cccnc1Cl)N1CCN(c2ccc(C(F)(F)F)cc2[N+](=O)[O-])CC1. The number of nitro groups is 1. The molecule has 2 aromatic rings. The van der Waals surface area contributed by atoms with Crippen LogP contribution in [0.5, 0.6) is 0 Å². The minimum Gasteiger partial charge on any atom is -0.362 e. The number of carbonyl (C=O) groups excluding carboxylic acids is 1. The standard InChI is InChI=1S/C17H14ClF3N4O3/c18-15-12(2-1-5-22-15)16(26)24-8-6-23(7-9-24)13-4-3-11(17(19,20)21)10-14(13)25(27)28/h1-5,10H,6-9H2. The van der Waals surface area contributed by atoms with Crippen LogP contribution in [0.15, 0.2) is 36.5 Å². The van der Waals surface area contributed by atoms with Crippen molar-refractivity contribution in [2.24, 2.45) is 0 Å². The van der Waals surface area contributed by atoms with Gasteiger partial charge in [-0.05, 0) is 24.3 Å². The number of nitro benzene ring substituents is 1. The zero-order valence-electron chi connectivity index (χ0n) is 14.3. The highest BCUT2D eigenvalue weighted by Crippen LogP contribution is 2.36. The molecule has 1 aliphatic heterocycles. The van der Waals surface area contributed by atoms with Crippen LogP contribution in [-0.2, 0) is 6.18 Å². The highest BCUT2D eigenvalue weighted by atomic mass is 35.5. The van der Waals surface area contributed by atoms with E-state index in [4.69, 9.17) is 11.6 Å². The Hall–Kier alpha value is -2.88. The first kappa shape index (κ1) is 19.9. The lowest BCUT2D eigenvalue weighted by molar-refractivity contribution is -0.384. The van der Waals surface area contributed by atoms with E-state index in [0.29, 0.717) is 6.07 Å². The van der Waals surface area contributed by atoms with Gasteiger partial charge in [-0.15, -0.1) is 0 Å². The van der Waals surface area contributed by atoms with Gasteiger partial charge in [0.05, 0.1) is 16.1 Å². The van der Waals surface area contributed by atoms with Gasteiger partial charge >= 0.3 is 6.18 Å². The lowest BCUT2D eigenvalue weighted by Crippen LogP contribution is -2.49. The van der Waals surface area contributed by atoms with Crippen molar-refractivity contribution in [3.8, 4) is 0 Å². The molecular formula is C17H14ClF3N4O3. The smallest absolute Gasteiger partial charge is 0.362 e. The molecule has 2 heterocycles. The molecular weight excluding hydrogens is 401 g/mol. The second kappa shape index (κ2) is 7.63. The number of halogens is 4. The molecule has 1 fully saturated rings. The highest BCUT2D eigenvalue weighted by Gasteiger charge is 2.34. The van der Waals surface area contributed by atoms with Gasteiger partial charge in [-0.25, -0.2) is 4.98 Å². The van der Waals surface area contributed by atoms with Gasteiger partial charge in [0.15, 0.2) is 0 Å².